The number of hydrogen-bond donors (Lipinski definition) is 1. The quantitative estimate of drug-likeness (QED) is 0.702. The van der Waals surface area contributed by atoms with E-state index in [2.05, 4.69) is 26.1 Å². The fourth-order valence-corrected chi connectivity index (χ4v) is 4.16. The Kier molecular flexibility index (Phi) is 5.80. The first-order valence-corrected chi connectivity index (χ1v) is 8.57. The summed E-state index contributed by atoms with van der Waals surface area (Å²) in [6.07, 6.45) is 7.28. The molecule has 1 fully saturated rings. The van der Waals surface area contributed by atoms with Crippen molar-refractivity contribution in [3.63, 3.8) is 0 Å². The highest BCUT2D eigenvalue weighted by atomic mass is 19.1. The van der Waals surface area contributed by atoms with E-state index >= 15 is 0 Å². The Morgan fingerprint density at radius 1 is 1.19 bits per heavy atom. The number of nitrogens with one attached hydrogen (secondary N) is 1. The van der Waals surface area contributed by atoms with Crippen molar-refractivity contribution in [1.82, 2.24) is 5.32 Å². The molecular formula is C19H30FN. The summed E-state index contributed by atoms with van der Waals surface area (Å²) in [7, 11) is 0. The highest BCUT2D eigenvalue weighted by Gasteiger charge is 2.42. The summed E-state index contributed by atoms with van der Waals surface area (Å²) in [6, 6.07) is 7.50. The van der Waals surface area contributed by atoms with Gasteiger partial charge in [0.05, 0.1) is 0 Å². The van der Waals surface area contributed by atoms with Crippen LogP contribution in [0.4, 0.5) is 4.39 Å². The summed E-state index contributed by atoms with van der Waals surface area (Å²) in [5.41, 5.74) is 1.10. The highest BCUT2D eigenvalue weighted by molar-refractivity contribution is 5.24. The second-order valence-electron chi connectivity index (χ2n) is 7.08. The molecule has 1 atom stereocenters. The van der Waals surface area contributed by atoms with Gasteiger partial charge in [-0.2, -0.15) is 0 Å². The van der Waals surface area contributed by atoms with Gasteiger partial charge in [0, 0.05) is 11.6 Å². The fourth-order valence-electron chi connectivity index (χ4n) is 4.16. The molecule has 1 N–H and O–H groups in total. The van der Waals surface area contributed by atoms with Crippen molar-refractivity contribution >= 4 is 0 Å². The van der Waals surface area contributed by atoms with Crippen LogP contribution in [0.3, 0.4) is 0 Å². The zero-order valence-electron chi connectivity index (χ0n) is 13.8. The molecule has 0 heterocycles. The van der Waals surface area contributed by atoms with Gasteiger partial charge in [-0.1, -0.05) is 51.8 Å². The average Bonchev–Trinajstić information content (AvgIpc) is 2.89. The number of benzene rings is 1. The minimum Gasteiger partial charge on any atom is -0.309 e. The standard InChI is InChI=1S/C19H30FN/c1-4-13-21-18(16-9-5-6-10-17(16)20)19(14-15(2)3)11-7-8-12-19/h5-6,9-10,15,18,21H,4,7-8,11-14H2,1-3H3. The van der Waals surface area contributed by atoms with Crippen LogP contribution < -0.4 is 5.32 Å². The smallest absolute Gasteiger partial charge is 0.127 e. The third-order valence-electron chi connectivity index (χ3n) is 4.84. The van der Waals surface area contributed by atoms with E-state index < -0.39 is 0 Å². The predicted molar refractivity (Wildman–Crippen MR) is 87.8 cm³/mol. The predicted octanol–water partition coefficient (Wildman–Crippen LogP) is 5.47. The molecule has 0 radical (unpaired) electrons. The maximum Gasteiger partial charge on any atom is 0.127 e. The molecule has 2 heteroatoms. The summed E-state index contributed by atoms with van der Waals surface area (Å²) in [5.74, 6) is 0.599. The summed E-state index contributed by atoms with van der Waals surface area (Å²) in [5, 5.41) is 3.67. The van der Waals surface area contributed by atoms with Gasteiger partial charge in [-0.05, 0) is 49.6 Å². The van der Waals surface area contributed by atoms with Crippen LogP contribution >= 0.6 is 0 Å². The maximum absolute atomic E-state index is 14.4. The molecule has 0 aliphatic heterocycles. The molecule has 118 valence electrons. The largest absolute Gasteiger partial charge is 0.309 e. The zero-order valence-corrected chi connectivity index (χ0v) is 13.8. The van der Waals surface area contributed by atoms with Gasteiger partial charge in [0.15, 0.2) is 0 Å². The molecule has 1 aromatic rings. The third-order valence-corrected chi connectivity index (χ3v) is 4.84. The first-order chi connectivity index (χ1) is 10.1. The molecule has 1 nitrogen and oxygen atoms in total. The Morgan fingerprint density at radius 3 is 2.43 bits per heavy atom. The molecule has 1 aromatic carbocycles. The number of halogens is 1. The second kappa shape index (κ2) is 7.40. The Hall–Kier alpha value is -0.890. The lowest BCUT2D eigenvalue weighted by Gasteiger charge is -2.40. The first-order valence-electron chi connectivity index (χ1n) is 8.57. The Labute approximate surface area is 129 Å². The monoisotopic (exact) mass is 291 g/mol. The van der Waals surface area contributed by atoms with Crippen molar-refractivity contribution < 1.29 is 4.39 Å². The SMILES string of the molecule is CCCNC(c1ccccc1F)C1(CC(C)C)CCCC1. The van der Waals surface area contributed by atoms with Gasteiger partial charge in [-0.25, -0.2) is 4.39 Å². The van der Waals surface area contributed by atoms with Crippen LogP contribution in [-0.4, -0.2) is 6.54 Å². The second-order valence-corrected chi connectivity index (χ2v) is 7.08. The molecule has 1 saturated carbocycles. The average molecular weight is 291 g/mol. The van der Waals surface area contributed by atoms with E-state index in [1.807, 2.05) is 12.1 Å². The van der Waals surface area contributed by atoms with Crippen LogP contribution in [0.1, 0.15) is 70.9 Å². The molecule has 0 aromatic heterocycles. The highest BCUT2D eigenvalue weighted by Crippen LogP contribution is 2.52. The Morgan fingerprint density at radius 2 is 1.86 bits per heavy atom. The fraction of sp³-hybridized carbons (Fsp3) is 0.684. The molecular weight excluding hydrogens is 261 g/mol. The van der Waals surface area contributed by atoms with Gasteiger partial charge < -0.3 is 5.32 Å². The Bertz CT molecular complexity index is 435. The molecule has 1 aliphatic rings. The van der Waals surface area contributed by atoms with Crippen LogP contribution in [0.25, 0.3) is 0 Å². The van der Waals surface area contributed by atoms with Crippen molar-refractivity contribution in [3.05, 3.63) is 35.6 Å². The summed E-state index contributed by atoms with van der Waals surface area (Å²) in [6.45, 7) is 7.71. The topological polar surface area (TPSA) is 12.0 Å². The third kappa shape index (κ3) is 3.85. The Balaban J connectivity index is 2.35. The molecule has 0 saturated heterocycles. The van der Waals surface area contributed by atoms with E-state index in [1.54, 1.807) is 12.1 Å². The van der Waals surface area contributed by atoms with E-state index in [9.17, 15) is 4.39 Å². The summed E-state index contributed by atoms with van der Waals surface area (Å²) >= 11 is 0. The molecule has 21 heavy (non-hydrogen) atoms. The molecule has 1 unspecified atom stereocenters. The molecule has 2 rings (SSSR count). The normalized spacial score (nSPS) is 19.1. The van der Waals surface area contributed by atoms with Crippen molar-refractivity contribution in [3.8, 4) is 0 Å². The van der Waals surface area contributed by atoms with Gasteiger partial charge in [-0.3, -0.25) is 0 Å². The lowest BCUT2D eigenvalue weighted by Crippen LogP contribution is -2.38. The zero-order chi connectivity index (χ0) is 15.3. The van der Waals surface area contributed by atoms with E-state index in [-0.39, 0.29) is 17.3 Å². The lowest BCUT2D eigenvalue weighted by atomic mass is 9.70. The van der Waals surface area contributed by atoms with Gasteiger partial charge >= 0.3 is 0 Å². The summed E-state index contributed by atoms with van der Waals surface area (Å²) < 4.78 is 14.4. The van der Waals surface area contributed by atoms with Crippen LogP contribution in [-0.2, 0) is 0 Å². The minimum atomic E-state index is -0.0545. The van der Waals surface area contributed by atoms with Gasteiger partial charge in [0.2, 0.25) is 0 Å². The van der Waals surface area contributed by atoms with Gasteiger partial charge in [0.1, 0.15) is 5.82 Å². The van der Waals surface area contributed by atoms with Crippen molar-refractivity contribution in [1.29, 1.82) is 0 Å². The maximum atomic E-state index is 14.4. The van der Waals surface area contributed by atoms with E-state index in [4.69, 9.17) is 0 Å². The van der Waals surface area contributed by atoms with E-state index in [0.717, 1.165) is 18.5 Å². The number of hydrogen-bond acceptors (Lipinski definition) is 1. The van der Waals surface area contributed by atoms with Crippen LogP contribution in [0, 0.1) is 17.2 Å². The van der Waals surface area contributed by atoms with E-state index in [1.165, 1.54) is 32.1 Å². The molecule has 0 spiro atoms. The number of rotatable bonds is 7. The van der Waals surface area contributed by atoms with Crippen LogP contribution in [0.2, 0.25) is 0 Å². The molecule has 1 aliphatic carbocycles. The van der Waals surface area contributed by atoms with Crippen molar-refractivity contribution in [2.24, 2.45) is 11.3 Å². The van der Waals surface area contributed by atoms with Crippen LogP contribution in [0.15, 0.2) is 24.3 Å². The molecule has 0 amide bonds. The van der Waals surface area contributed by atoms with Gasteiger partial charge in [0.25, 0.3) is 0 Å². The van der Waals surface area contributed by atoms with Crippen molar-refractivity contribution in [2.75, 3.05) is 6.54 Å². The summed E-state index contributed by atoms with van der Waals surface area (Å²) in [4.78, 5) is 0. The lowest BCUT2D eigenvalue weighted by molar-refractivity contribution is 0.152. The van der Waals surface area contributed by atoms with Crippen LogP contribution in [0.5, 0.6) is 0 Å². The molecule has 0 bridgehead atoms. The minimum absolute atomic E-state index is 0.0545. The van der Waals surface area contributed by atoms with Crippen molar-refractivity contribution in [2.45, 2.75) is 65.3 Å². The van der Waals surface area contributed by atoms with E-state index in [0.29, 0.717) is 5.92 Å². The van der Waals surface area contributed by atoms with Gasteiger partial charge in [-0.15, -0.1) is 0 Å². The first kappa shape index (κ1) is 16.5.